The Kier molecular flexibility index (Phi) is 5.07. The van der Waals surface area contributed by atoms with Crippen molar-refractivity contribution >= 4 is 11.9 Å². The molecule has 0 aromatic heterocycles. The smallest absolute Gasteiger partial charge is 0.303 e. The summed E-state index contributed by atoms with van der Waals surface area (Å²) in [6.07, 6.45) is 10.6. The van der Waals surface area contributed by atoms with Gasteiger partial charge in [0, 0.05) is 25.9 Å². The largest absolute Gasteiger partial charge is 0.481 e. The van der Waals surface area contributed by atoms with Gasteiger partial charge in [-0.05, 0) is 91.8 Å². The number of carboxylic acids is 1. The highest BCUT2D eigenvalue weighted by Gasteiger charge is 2.61. The van der Waals surface area contributed by atoms with Crippen molar-refractivity contribution in [2.75, 3.05) is 7.05 Å². The second kappa shape index (κ2) is 7.02. The number of nitrogens with zero attached hydrogens (tertiary/aromatic N) is 1. The second-order valence-corrected chi connectivity index (χ2v) is 11.1. The van der Waals surface area contributed by atoms with Crippen LogP contribution >= 0.6 is 0 Å². The number of amides is 1. The SMILES string of the molecule is CC(CCC(=O)O)[C@H]1CC[C@H]2[C@@H]3CCC4N(C)C(=O)CC[C@]4(C)[C@H]3CC[C@]12C. The molecule has 158 valence electrons. The summed E-state index contributed by atoms with van der Waals surface area (Å²) in [4.78, 5) is 25.4. The van der Waals surface area contributed by atoms with Gasteiger partial charge in [0.25, 0.3) is 0 Å². The van der Waals surface area contributed by atoms with E-state index >= 15 is 0 Å². The number of hydrogen-bond acceptors (Lipinski definition) is 2. The molecule has 8 atom stereocenters. The molecule has 0 aromatic rings. The number of likely N-dealkylation sites (tertiary alicyclic amines) is 1. The lowest BCUT2D eigenvalue weighted by atomic mass is 9.46. The van der Waals surface area contributed by atoms with Crippen molar-refractivity contribution in [2.45, 2.75) is 91.0 Å². The Balaban J connectivity index is 1.53. The van der Waals surface area contributed by atoms with E-state index in [1.165, 1.54) is 38.5 Å². The standard InChI is InChI=1S/C24H39NO3/c1-15(5-10-22(27)28)17-7-8-18-16-6-9-20-24(3,14-12-21(26)25(20)4)19(16)11-13-23(17,18)2/h15-20H,5-14H2,1-4H3,(H,27,28)/t15?,16-,17+,18-,19-,20?,23+,24+/m0/s1. The molecule has 0 bridgehead atoms. The van der Waals surface area contributed by atoms with Crippen molar-refractivity contribution < 1.29 is 14.7 Å². The number of rotatable bonds is 4. The van der Waals surface area contributed by atoms with E-state index in [1.54, 1.807) is 0 Å². The van der Waals surface area contributed by atoms with Crippen molar-refractivity contribution in [2.24, 2.45) is 40.4 Å². The van der Waals surface area contributed by atoms with Crippen LogP contribution in [0.5, 0.6) is 0 Å². The maximum absolute atomic E-state index is 12.3. The summed E-state index contributed by atoms with van der Waals surface area (Å²) in [7, 11) is 2.04. The first-order valence-corrected chi connectivity index (χ1v) is 11.7. The van der Waals surface area contributed by atoms with E-state index in [9.17, 15) is 9.59 Å². The highest BCUT2D eigenvalue weighted by atomic mass is 16.4. The molecular formula is C24H39NO3. The maximum atomic E-state index is 12.3. The third-order valence-corrected chi connectivity index (χ3v) is 10.1. The third kappa shape index (κ3) is 2.92. The first kappa shape index (κ1) is 20.2. The molecule has 4 rings (SSSR count). The minimum Gasteiger partial charge on any atom is -0.481 e. The topological polar surface area (TPSA) is 57.6 Å². The van der Waals surface area contributed by atoms with Crippen molar-refractivity contribution in [3.63, 3.8) is 0 Å². The molecule has 1 heterocycles. The number of carboxylic acid groups (broad SMARTS) is 1. The number of hydrogen-bond donors (Lipinski definition) is 1. The Morgan fingerprint density at radius 3 is 2.54 bits per heavy atom. The van der Waals surface area contributed by atoms with Crippen LogP contribution in [0.2, 0.25) is 0 Å². The molecule has 0 radical (unpaired) electrons. The molecule has 1 aliphatic heterocycles. The highest BCUT2D eigenvalue weighted by molar-refractivity contribution is 5.77. The van der Waals surface area contributed by atoms with Crippen LogP contribution in [0.15, 0.2) is 0 Å². The van der Waals surface area contributed by atoms with E-state index in [2.05, 4.69) is 25.7 Å². The van der Waals surface area contributed by atoms with Crippen LogP contribution in [-0.2, 0) is 9.59 Å². The molecule has 4 fully saturated rings. The zero-order valence-electron chi connectivity index (χ0n) is 18.2. The predicted molar refractivity (Wildman–Crippen MR) is 110 cm³/mol. The Hall–Kier alpha value is -1.06. The van der Waals surface area contributed by atoms with Gasteiger partial charge >= 0.3 is 5.97 Å². The summed E-state index contributed by atoms with van der Waals surface area (Å²) in [6.45, 7) is 7.32. The van der Waals surface area contributed by atoms with Crippen molar-refractivity contribution in [3.8, 4) is 0 Å². The lowest BCUT2D eigenvalue weighted by Crippen LogP contribution is -2.61. The molecule has 3 aliphatic carbocycles. The molecule has 1 amide bonds. The fraction of sp³-hybridized carbons (Fsp3) is 0.917. The van der Waals surface area contributed by atoms with Gasteiger partial charge in [0.05, 0.1) is 0 Å². The van der Waals surface area contributed by atoms with Gasteiger partial charge in [-0.15, -0.1) is 0 Å². The average molecular weight is 390 g/mol. The van der Waals surface area contributed by atoms with E-state index in [-0.39, 0.29) is 0 Å². The molecule has 4 heteroatoms. The van der Waals surface area contributed by atoms with E-state index < -0.39 is 5.97 Å². The van der Waals surface area contributed by atoms with Gasteiger partial charge in [-0.2, -0.15) is 0 Å². The van der Waals surface area contributed by atoms with Crippen molar-refractivity contribution in [3.05, 3.63) is 0 Å². The summed E-state index contributed by atoms with van der Waals surface area (Å²) in [5.41, 5.74) is 0.679. The molecule has 3 saturated carbocycles. The summed E-state index contributed by atoms with van der Waals surface area (Å²) < 4.78 is 0. The number of aliphatic carboxylic acids is 1. The van der Waals surface area contributed by atoms with Crippen LogP contribution in [0.4, 0.5) is 0 Å². The van der Waals surface area contributed by atoms with E-state index in [0.29, 0.717) is 41.0 Å². The molecular weight excluding hydrogens is 350 g/mol. The minimum absolute atomic E-state index is 0.292. The third-order valence-electron chi connectivity index (χ3n) is 10.1. The highest BCUT2D eigenvalue weighted by Crippen LogP contribution is 2.67. The van der Waals surface area contributed by atoms with E-state index in [1.807, 2.05) is 7.05 Å². The van der Waals surface area contributed by atoms with Crippen molar-refractivity contribution in [1.29, 1.82) is 0 Å². The van der Waals surface area contributed by atoms with E-state index in [4.69, 9.17) is 5.11 Å². The normalized spacial score (nSPS) is 46.5. The minimum atomic E-state index is -0.655. The lowest BCUT2D eigenvalue weighted by Gasteiger charge is -2.62. The van der Waals surface area contributed by atoms with Crippen LogP contribution in [0.3, 0.4) is 0 Å². The summed E-state index contributed by atoms with van der Waals surface area (Å²) in [5.74, 6) is 3.23. The Morgan fingerprint density at radius 1 is 1.11 bits per heavy atom. The van der Waals surface area contributed by atoms with Gasteiger partial charge in [0.15, 0.2) is 0 Å². The molecule has 1 N–H and O–H groups in total. The second-order valence-electron chi connectivity index (χ2n) is 11.1. The number of fused-ring (bicyclic) bond motifs is 5. The van der Waals surface area contributed by atoms with Gasteiger partial charge in [-0.25, -0.2) is 0 Å². The monoisotopic (exact) mass is 389 g/mol. The van der Waals surface area contributed by atoms with Crippen LogP contribution in [-0.4, -0.2) is 35.0 Å². The molecule has 2 unspecified atom stereocenters. The maximum Gasteiger partial charge on any atom is 0.303 e. The summed E-state index contributed by atoms with van der Waals surface area (Å²) in [6, 6.07) is 0.436. The van der Waals surface area contributed by atoms with Gasteiger partial charge in [-0.3, -0.25) is 9.59 Å². The number of carbonyl (C=O) groups excluding carboxylic acids is 1. The van der Waals surface area contributed by atoms with Crippen LogP contribution in [0.25, 0.3) is 0 Å². The molecule has 4 nitrogen and oxygen atoms in total. The Bertz CT molecular complexity index is 648. The van der Waals surface area contributed by atoms with Gasteiger partial charge in [0.2, 0.25) is 5.91 Å². The molecule has 28 heavy (non-hydrogen) atoms. The first-order valence-electron chi connectivity index (χ1n) is 11.7. The molecule has 4 aliphatic rings. The fourth-order valence-electron chi connectivity index (χ4n) is 8.68. The lowest BCUT2D eigenvalue weighted by molar-refractivity contribution is -0.158. The number of piperidine rings is 1. The Labute approximate surface area is 170 Å². The Morgan fingerprint density at radius 2 is 1.82 bits per heavy atom. The van der Waals surface area contributed by atoms with Crippen LogP contribution < -0.4 is 0 Å². The average Bonchev–Trinajstić information content (AvgIpc) is 3.00. The van der Waals surface area contributed by atoms with Crippen molar-refractivity contribution in [1.82, 2.24) is 4.90 Å². The fourth-order valence-corrected chi connectivity index (χ4v) is 8.68. The van der Waals surface area contributed by atoms with Gasteiger partial charge in [-0.1, -0.05) is 20.8 Å². The number of carbonyl (C=O) groups is 2. The summed E-state index contributed by atoms with van der Waals surface area (Å²) >= 11 is 0. The predicted octanol–water partition coefficient (Wildman–Crippen LogP) is 4.97. The first-order chi connectivity index (χ1) is 13.2. The summed E-state index contributed by atoms with van der Waals surface area (Å²) in [5, 5.41) is 9.11. The van der Waals surface area contributed by atoms with Crippen LogP contribution in [0, 0.1) is 40.4 Å². The zero-order chi connectivity index (χ0) is 20.3. The van der Waals surface area contributed by atoms with Gasteiger partial charge in [0.1, 0.15) is 0 Å². The molecule has 1 saturated heterocycles. The van der Waals surface area contributed by atoms with Crippen LogP contribution in [0.1, 0.15) is 85.0 Å². The van der Waals surface area contributed by atoms with Gasteiger partial charge < -0.3 is 10.0 Å². The van der Waals surface area contributed by atoms with E-state index in [0.717, 1.165) is 37.0 Å². The molecule has 0 spiro atoms. The zero-order valence-corrected chi connectivity index (χ0v) is 18.2. The quantitative estimate of drug-likeness (QED) is 0.739. The molecule has 0 aromatic carbocycles.